The monoisotopic (exact) mass is 507 g/mol. The molecule has 0 spiro atoms. The average molecular weight is 508 g/mol. The fourth-order valence-corrected chi connectivity index (χ4v) is 5.22. The molecule has 1 amide bonds. The largest absolute Gasteiger partial charge is 0.271 e. The van der Waals surface area contributed by atoms with Gasteiger partial charge in [0.05, 0.1) is 24.7 Å². The minimum atomic E-state index is -3.52. The highest BCUT2D eigenvalue weighted by molar-refractivity contribution is 7.92. The van der Waals surface area contributed by atoms with Crippen molar-refractivity contribution in [3.63, 3.8) is 0 Å². The molecular weight excluding hydrogens is 482 g/mol. The molecule has 6 nitrogen and oxygen atoms in total. The van der Waals surface area contributed by atoms with Crippen LogP contribution in [0.4, 0.5) is 5.69 Å². The molecule has 0 radical (unpaired) electrons. The number of hydrazone groups is 1. The smallest absolute Gasteiger partial charge is 0.267 e. The van der Waals surface area contributed by atoms with Crippen LogP contribution in [0.25, 0.3) is 21.5 Å². The third kappa shape index (κ3) is 5.37. The first-order chi connectivity index (χ1) is 17.9. The highest BCUT2D eigenvalue weighted by atomic mass is 32.2. The molecule has 7 heteroatoms. The highest BCUT2D eigenvalue weighted by Crippen LogP contribution is 2.27. The van der Waals surface area contributed by atoms with Crippen molar-refractivity contribution < 1.29 is 13.2 Å². The molecule has 0 aliphatic carbocycles. The summed E-state index contributed by atoms with van der Waals surface area (Å²) in [4.78, 5) is 12.8. The van der Waals surface area contributed by atoms with Gasteiger partial charge in [0.1, 0.15) is 0 Å². The van der Waals surface area contributed by atoms with Gasteiger partial charge in [-0.3, -0.25) is 9.10 Å². The van der Waals surface area contributed by atoms with E-state index in [0.717, 1.165) is 32.7 Å². The standard InChI is InChI=1S/C30H25N3O3S/c1-37(35,36)33(21-22-9-3-2-4-10-22)26-17-15-23(16-18-26)30(34)32-31-20-29-27-13-7-5-11-24(27)19-25-12-6-8-14-28(25)29/h2-20H,21H2,1H3,(H,32,34)/b31-20+. The Morgan fingerprint density at radius 3 is 1.97 bits per heavy atom. The molecule has 0 unspecified atom stereocenters. The fourth-order valence-electron chi connectivity index (χ4n) is 4.34. The summed E-state index contributed by atoms with van der Waals surface area (Å²) in [5.41, 5.74) is 5.24. The Kier molecular flexibility index (Phi) is 6.70. The highest BCUT2D eigenvalue weighted by Gasteiger charge is 2.18. The van der Waals surface area contributed by atoms with E-state index < -0.39 is 10.0 Å². The Morgan fingerprint density at radius 1 is 0.811 bits per heavy atom. The van der Waals surface area contributed by atoms with Gasteiger partial charge in [0.15, 0.2) is 0 Å². The first-order valence-corrected chi connectivity index (χ1v) is 13.6. The predicted molar refractivity (Wildman–Crippen MR) is 150 cm³/mol. The number of hydrogen-bond donors (Lipinski definition) is 1. The van der Waals surface area contributed by atoms with Crippen molar-refractivity contribution in [1.29, 1.82) is 0 Å². The zero-order chi connectivity index (χ0) is 25.8. The van der Waals surface area contributed by atoms with Crippen molar-refractivity contribution in [2.75, 3.05) is 10.6 Å². The van der Waals surface area contributed by atoms with E-state index in [4.69, 9.17) is 0 Å². The number of fused-ring (bicyclic) bond motifs is 2. The number of anilines is 1. The van der Waals surface area contributed by atoms with E-state index in [1.54, 1.807) is 30.5 Å². The number of rotatable bonds is 7. The van der Waals surface area contributed by atoms with Gasteiger partial charge in [0.2, 0.25) is 10.0 Å². The number of hydrogen-bond acceptors (Lipinski definition) is 4. The lowest BCUT2D eigenvalue weighted by Crippen LogP contribution is -2.29. The van der Waals surface area contributed by atoms with Crippen molar-refractivity contribution >= 4 is 49.4 Å². The molecule has 37 heavy (non-hydrogen) atoms. The van der Waals surface area contributed by atoms with Crippen LogP contribution in [-0.2, 0) is 16.6 Å². The minimum Gasteiger partial charge on any atom is -0.267 e. The normalized spacial score (nSPS) is 11.7. The SMILES string of the molecule is CS(=O)(=O)N(Cc1ccccc1)c1ccc(C(=O)N/N=C/c2c3ccccc3cc3ccccc23)cc1. The lowest BCUT2D eigenvalue weighted by Gasteiger charge is -2.22. The van der Waals surface area contributed by atoms with Crippen LogP contribution < -0.4 is 9.73 Å². The number of carbonyl (C=O) groups is 1. The number of nitrogens with zero attached hydrogens (tertiary/aromatic N) is 2. The Labute approximate surface area is 215 Å². The summed E-state index contributed by atoms with van der Waals surface area (Å²) < 4.78 is 26.2. The topological polar surface area (TPSA) is 78.8 Å². The van der Waals surface area contributed by atoms with Gasteiger partial charge in [-0.2, -0.15) is 5.10 Å². The summed E-state index contributed by atoms with van der Waals surface area (Å²) in [6.07, 6.45) is 2.84. The van der Waals surface area contributed by atoms with Gasteiger partial charge in [-0.25, -0.2) is 13.8 Å². The van der Waals surface area contributed by atoms with Crippen molar-refractivity contribution in [3.05, 3.63) is 126 Å². The first kappa shape index (κ1) is 24.2. The number of nitrogens with one attached hydrogen (secondary N) is 1. The molecule has 0 aliphatic heterocycles. The van der Waals surface area contributed by atoms with Crippen LogP contribution >= 0.6 is 0 Å². The lowest BCUT2D eigenvalue weighted by molar-refractivity contribution is 0.0955. The van der Waals surface area contributed by atoms with Crippen LogP contribution in [0.15, 0.2) is 114 Å². The van der Waals surface area contributed by atoms with Gasteiger partial charge in [0, 0.05) is 11.1 Å². The van der Waals surface area contributed by atoms with E-state index in [0.29, 0.717) is 11.3 Å². The molecule has 184 valence electrons. The zero-order valence-corrected chi connectivity index (χ0v) is 21.0. The molecule has 1 N–H and O–H groups in total. The Hall–Kier alpha value is -4.49. The van der Waals surface area contributed by atoms with Gasteiger partial charge in [-0.1, -0.05) is 78.9 Å². The molecule has 0 fully saturated rings. The third-order valence-electron chi connectivity index (χ3n) is 6.16. The maximum Gasteiger partial charge on any atom is 0.271 e. The van der Waals surface area contributed by atoms with Crippen LogP contribution in [0, 0.1) is 0 Å². The van der Waals surface area contributed by atoms with E-state index in [1.165, 1.54) is 10.6 Å². The Balaban J connectivity index is 1.36. The minimum absolute atomic E-state index is 0.203. The van der Waals surface area contributed by atoms with E-state index in [1.807, 2.05) is 66.7 Å². The van der Waals surface area contributed by atoms with E-state index >= 15 is 0 Å². The second kappa shape index (κ2) is 10.2. The number of carbonyl (C=O) groups excluding carboxylic acids is 1. The quantitative estimate of drug-likeness (QED) is 0.174. The van der Waals surface area contributed by atoms with Gasteiger partial charge in [-0.15, -0.1) is 0 Å². The average Bonchev–Trinajstić information content (AvgIpc) is 2.91. The summed E-state index contributed by atoms with van der Waals surface area (Å²) in [6, 6.07) is 34.1. The first-order valence-electron chi connectivity index (χ1n) is 11.8. The molecule has 0 atom stereocenters. The molecule has 0 aromatic heterocycles. The van der Waals surface area contributed by atoms with E-state index in [-0.39, 0.29) is 12.5 Å². The molecule has 0 aliphatic rings. The summed E-state index contributed by atoms with van der Waals surface area (Å²) >= 11 is 0. The van der Waals surface area contributed by atoms with Crippen LogP contribution in [-0.4, -0.2) is 26.8 Å². The molecule has 5 aromatic rings. The van der Waals surface area contributed by atoms with E-state index in [2.05, 4.69) is 28.7 Å². The van der Waals surface area contributed by atoms with Crippen LogP contribution in [0.5, 0.6) is 0 Å². The summed E-state index contributed by atoms with van der Waals surface area (Å²) in [6.45, 7) is 0.203. The fraction of sp³-hybridized carbons (Fsp3) is 0.0667. The molecule has 5 aromatic carbocycles. The van der Waals surface area contributed by atoms with Crippen molar-refractivity contribution in [3.8, 4) is 0 Å². The van der Waals surface area contributed by atoms with Crippen LogP contribution in [0.1, 0.15) is 21.5 Å². The van der Waals surface area contributed by atoms with Crippen molar-refractivity contribution in [1.82, 2.24) is 5.43 Å². The van der Waals surface area contributed by atoms with Gasteiger partial charge in [0.25, 0.3) is 5.91 Å². The van der Waals surface area contributed by atoms with Gasteiger partial charge >= 0.3 is 0 Å². The Bertz CT molecular complexity index is 1660. The van der Waals surface area contributed by atoms with Crippen molar-refractivity contribution in [2.24, 2.45) is 5.10 Å². The predicted octanol–water partition coefficient (Wildman–Crippen LogP) is 5.72. The zero-order valence-electron chi connectivity index (χ0n) is 20.2. The molecule has 0 saturated heterocycles. The summed E-state index contributed by atoms with van der Waals surface area (Å²) in [5.74, 6) is -0.388. The maximum absolute atomic E-state index is 12.8. The molecule has 0 saturated carbocycles. The van der Waals surface area contributed by atoms with Gasteiger partial charge < -0.3 is 0 Å². The van der Waals surface area contributed by atoms with Crippen LogP contribution in [0.2, 0.25) is 0 Å². The second-order valence-electron chi connectivity index (χ2n) is 8.73. The number of amides is 1. The number of sulfonamides is 1. The molecular formula is C30H25N3O3S. The van der Waals surface area contributed by atoms with E-state index in [9.17, 15) is 13.2 Å². The molecule has 0 bridgehead atoms. The number of benzene rings is 5. The van der Waals surface area contributed by atoms with Crippen LogP contribution in [0.3, 0.4) is 0 Å². The second-order valence-corrected chi connectivity index (χ2v) is 10.6. The lowest BCUT2D eigenvalue weighted by atomic mass is 9.97. The van der Waals surface area contributed by atoms with Gasteiger partial charge in [-0.05, 0) is 57.4 Å². The summed E-state index contributed by atoms with van der Waals surface area (Å²) in [5, 5.41) is 8.51. The molecule has 0 heterocycles. The molecule has 5 rings (SSSR count). The summed E-state index contributed by atoms with van der Waals surface area (Å²) in [7, 11) is -3.52. The Morgan fingerprint density at radius 2 is 1.38 bits per heavy atom. The van der Waals surface area contributed by atoms with Crippen molar-refractivity contribution in [2.45, 2.75) is 6.54 Å². The maximum atomic E-state index is 12.8. The third-order valence-corrected chi connectivity index (χ3v) is 7.30.